The molecular formula is C27H36N4O3. The maximum absolute atomic E-state index is 12.3. The first-order valence-corrected chi connectivity index (χ1v) is 12.6. The predicted octanol–water partition coefficient (Wildman–Crippen LogP) is 5.41. The highest BCUT2D eigenvalue weighted by Gasteiger charge is 2.22. The topological polar surface area (TPSA) is 79.1 Å². The smallest absolute Gasteiger partial charge is 0.306 e. The van der Waals surface area contributed by atoms with Crippen LogP contribution in [0.2, 0.25) is 0 Å². The highest BCUT2D eigenvalue weighted by atomic mass is 16.5. The molecule has 34 heavy (non-hydrogen) atoms. The van der Waals surface area contributed by atoms with Crippen molar-refractivity contribution < 1.29 is 14.3 Å². The number of carbonyl (C=O) groups is 1. The first kappa shape index (κ1) is 24.3. The molecule has 0 unspecified atom stereocenters. The fourth-order valence-electron chi connectivity index (χ4n) is 4.95. The van der Waals surface area contributed by atoms with E-state index in [-0.39, 0.29) is 5.97 Å². The number of esters is 1. The van der Waals surface area contributed by atoms with E-state index in [1.165, 1.54) is 32.1 Å². The van der Waals surface area contributed by atoms with Crippen LogP contribution in [0, 0.1) is 12.8 Å². The summed E-state index contributed by atoms with van der Waals surface area (Å²) in [7, 11) is 0. The van der Waals surface area contributed by atoms with Crippen LogP contribution in [0.1, 0.15) is 69.2 Å². The molecule has 7 heteroatoms. The Morgan fingerprint density at radius 2 is 1.97 bits per heavy atom. The molecule has 0 radical (unpaired) electrons. The Morgan fingerprint density at radius 3 is 2.71 bits per heavy atom. The second kappa shape index (κ2) is 11.6. The van der Waals surface area contributed by atoms with E-state index in [9.17, 15) is 4.79 Å². The third kappa shape index (κ3) is 5.63. The maximum atomic E-state index is 12.3. The van der Waals surface area contributed by atoms with Gasteiger partial charge in [-0.2, -0.15) is 5.10 Å². The zero-order chi connectivity index (χ0) is 23.9. The Labute approximate surface area is 201 Å². The van der Waals surface area contributed by atoms with E-state index in [4.69, 9.17) is 14.5 Å². The van der Waals surface area contributed by atoms with Crippen LogP contribution in [0.25, 0.3) is 22.2 Å². The number of hydrogen-bond donors (Lipinski definition) is 0. The summed E-state index contributed by atoms with van der Waals surface area (Å²) in [6, 6.07) is 2.13. The summed E-state index contributed by atoms with van der Waals surface area (Å²) in [6.07, 6.45) is 12.8. The molecule has 182 valence electrons. The molecule has 7 nitrogen and oxygen atoms in total. The summed E-state index contributed by atoms with van der Waals surface area (Å²) in [6.45, 7) is 8.22. The van der Waals surface area contributed by atoms with E-state index in [0.717, 1.165) is 52.1 Å². The Bertz CT molecular complexity index is 1120. The Kier molecular flexibility index (Phi) is 8.27. The number of aryl methyl sites for hydroxylation is 2. The van der Waals surface area contributed by atoms with Crippen LogP contribution < -0.4 is 0 Å². The first-order chi connectivity index (χ1) is 16.6. The van der Waals surface area contributed by atoms with Crippen molar-refractivity contribution in [2.75, 3.05) is 13.2 Å². The molecule has 3 aromatic heterocycles. The predicted molar refractivity (Wildman–Crippen MR) is 132 cm³/mol. The van der Waals surface area contributed by atoms with Crippen LogP contribution in [-0.4, -0.2) is 38.9 Å². The quantitative estimate of drug-likeness (QED) is 0.373. The highest BCUT2D eigenvalue weighted by Crippen LogP contribution is 2.35. The van der Waals surface area contributed by atoms with E-state index < -0.39 is 0 Å². The highest BCUT2D eigenvalue weighted by molar-refractivity contribution is 5.95. The van der Waals surface area contributed by atoms with Gasteiger partial charge in [0.25, 0.3) is 0 Å². The molecule has 3 aromatic rings. The van der Waals surface area contributed by atoms with Crippen LogP contribution in [0.15, 0.2) is 24.7 Å². The molecule has 3 heterocycles. The molecule has 1 aliphatic rings. The molecule has 0 aromatic carbocycles. The third-order valence-electron chi connectivity index (χ3n) is 6.64. The molecule has 0 amide bonds. The van der Waals surface area contributed by atoms with Crippen LogP contribution in [0.3, 0.4) is 0 Å². The lowest BCUT2D eigenvalue weighted by Crippen LogP contribution is -2.15. The van der Waals surface area contributed by atoms with Crippen LogP contribution in [0.5, 0.6) is 0 Å². The van der Waals surface area contributed by atoms with Crippen molar-refractivity contribution in [1.82, 2.24) is 19.7 Å². The molecule has 1 fully saturated rings. The van der Waals surface area contributed by atoms with Gasteiger partial charge in [0.15, 0.2) is 5.65 Å². The number of nitrogens with zero attached hydrogens (tertiary/aromatic N) is 4. The number of fused-ring (bicyclic) bond motifs is 1. The molecule has 0 aliphatic heterocycles. The summed E-state index contributed by atoms with van der Waals surface area (Å²) in [5, 5.41) is 5.56. The molecule has 0 bridgehead atoms. The normalized spacial score (nSPS) is 14.6. The SMILES string of the molecule is CCOC(=O)CCc1c(COCC2CCCCC2)nc2c(cnn2CC)c1-c1cncc(C)c1. The average Bonchev–Trinajstić information content (AvgIpc) is 3.25. The van der Waals surface area contributed by atoms with E-state index >= 15 is 0 Å². The zero-order valence-electron chi connectivity index (χ0n) is 20.7. The fourth-order valence-corrected chi connectivity index (χ4v) is 4.95. The van der Waals surface area contributed by atoms with Gasteiger partial charge in [0, 0.05) is 48.5 Å². The average molecular weight is 465 g/mol. The van der Waals surface area contributed by atoms with Crippen molar-refractivity contribution in [1.29, 1.82) is 0 Å². The Morgan fingerprint density at radius 1 is 1.15 bits per heavy atom. The Hall–Kier alpha value is -2.80. The van der Waals surface area contributed by atoms with Gasteiger partial charge in [-0.05, 0) is 63.1 Å². The second-order valence-electron chi connectivity index (χ2n) is 9.18. The summed E-state index contributed by atoms with van der Waals surface area (Å²) >= 11 is 0. The van der Waals surface area contributed by atoms with E-state index in [0.29, 0.717) is 32.0 Å². The summed E-state index contributed by atoms with van der Waals surface area (Å²) < 4.78 is 13.4. The Balaban J connectivity index is 1.75. The number of aromatic nitrogens is 4. The third-order valence-corrected chi connectivity index (χ3v) is 6.64. The monoisotopic (exact) mass is 464 g/mol. The van der Waals surface area contributed by atoms with E-state index in [1.807, 2.05) is 37.1 Å². The minimum Gasteiger partial charge on any atom is -0.466 e. The summed E-state index contributed by atoms with van der Waals surface area (Å²) in [5.74, 6) is 0.427. The van der Waals surface area contributed by atoms with Crippen molar-refractivity contribution in [3.05, 3.63) is 41.5 Å². The van der Waals surface area contributed by atoms with Crippen molar-refractivity contribution in [2.45, 2.75) is 78.9 Å². The molecule has 0 N–H and O–H groups in total. The van der Waals surface area contributed by atoms with Crippen LogP contribution in [0.4, 0.5) is 0 Å². The maximum Gasteiger partial charge on any atom is 0.306 e. The first-order valence-electron chi connectivity index (χ1n) is 12.6. The second-order valence-corrected chi connectivity index (χ2v) is 9.18. The van der Waals surface area contributed by atoms with E-state index in [1.54, 1.807) is 0 Å². The van der Waals surface area contributed by atoms with Gasteiger partial charge in [0.2, 0.25) is 0 Å². The van der Waals surface area contributed by atoms with Gasteiger partial charge >= 0.3 is 5.97 Å². The lowest BCUT2D eigenvalue weighted by molar-refractivity contribution is -0.143. The fraction of sp³-hybridized carbons (Fsp3) is 0.556. The molecular weight excluding hydrogens is 428 g/mol. The lowest BCUT2D eigenvalue weighted by atomic mass is 9.90. The van der Waals surface area contributed by atoms with Gasteiger partial charge in [0.1, 0.15) is 0 Å². The van der Waals surface area contributed by atoms with Crippen molar-refractivity contribution in [2.24, 2.45) is 5.92 Å². The van der Waals surface area contributed by atoms with E-state index in [2.05, 4.69) is 23.1 Å². The van der Waals surface area contributed by atoms with Gasteiger partial charge < -0.3 is 9.47 Å². The van der Waals surface area contributed by atoms with Crippen molar-refractivity contribution in [3.8, 4) is 11.1 Å². The number of pyridine rings is 2. The largest absolute Gasteiger partial charge is 0.466 e. The standard InChI is InChI=1S/C27H36N4O3/c1-4-31-27-23(16-29-31)26(21-13-19(3)14-28-15-21)22(11-12-25(32)34-5-2)24(30-27)18-33-17-20-9-7-6-8-10-20/h13-16,20H,4-12,17-18H2,1-3H3. The van der Waals surface area contributed by atoms with Crippen LogP contribution in [-0.2, 0) is 33.8 Å². The number of rotatable bonds is 10. The molecule has 1 aliphatic carbocycles. The molecule has 0 spiro atoms. The molecule has 4 rings (SSSR count). The minimum atomic E-state index is -0.200. The van der Waals surface area contributed by atoms with Crippen molar-refractivity contribution in [3.63, 3.8) is 0 Å². The molecule has 0 saturated heterocycles. The number of hydrogen-bond acceptors (Lipinski definition) is 6. The van der Waals surface area contributed by atoms with Crippen molar-refractivity contribution >= 4 is 17.0 Å². The molecule has 0 atom stereocenters. The van der Waals surface area contributed by atoms with Gasteiger partial charge in [-0.15, -0.1) is 0 Å². The summed E-state index contributed by atoms with van der Waals surface area (Å²) in [5.41, 5.74) is 5.87. The number of ether oxygens (including phenoxy) is 2. The number of carbonyl (C=O) groups excluding carboxylic acids is 1. The minimum absolute atomic E-state index is 0.200. The summed E-state index contributed by atoms with van der Waals surface area (Å²) in [4.78, 5) is 21.7. The van der Waals surface area contributed by atoms with Gasteiger partial charge in [0.05, 0.1) is 25.1 Å². The van der Waals surface area contributed by atoms with Gasteiger partial charge in [-0.1, -0.05) is 19.3 Å². The zero-order valence-corrected chi connectivity index (χ0v) is 20.7. The van der Waals surface area contributed by atoms with Gasteiger partial charge in [-0.3, -0.25) is 9.78 Å². The lowest BCUT2D eigenvalue weighted by Gasteiger charge is -2.22. The van der Waals surface area contributed by atoms with Gasteiger partial charge in [-0.25, -0.2) is 9.67 Å². The van der Waals surface area contributed by atoms with Crippen LogP contribution >= 0.6 is 0 Å². The molecule has 1 saturated carbocycles.